The summed E-state index contributed by atoms with van der Waals surface area (Å²) >= 11 is 2.01. The number of ether oxygens (including phenoxy) is 2. The zero-order valence-electron chi connectivity index (χ0n) is 12.4. The molecular formula is C17H24O2S. The van der Waals surface area contributed by atoms with Crippen LogP contribution in [0, 0.1) is 0 Å². The fraction of sp³-hybridized carbons (Fsp3) is 0.647. The highest BCUT2D eigenvalue weighted by molar-refractivity contribution is 7.99. The van der Waals surface area contributed by atoms with E-state index < -0.39 is 0 Å². The molecule has 2 saturated heterocycles. The van der Waals surface area contributed by atoms with Crippen LogP contribution in [0.25, 0.3) is 0 Å². The Bertz CT molecular complexity index is 435. The van der Waals surface area contributed by atoms with Gasteiger partial charge in [-0.3, -0.25) is 0 Å². The lowest BCUT2D eigenvalue weighted by Gasteiger charge is -2.37. The first-order valence-corrected chi connectivity index (χ1v) is 8.81. The second-order valence-electron chi connectivity index (χ2n) is 6.29. The predicted molar refractivity (Wildman–Crippen MR) is 84.8 cm³/mol. The summed E-state index contributed by atoms with van der Waals surface area (Å²) in [5.41, 5.74) is 1.47. The Labute approximate surface area is 126 Å². The third kappa shape index (κ3) is 3.15. The van der Waals surface area contributed by atoms with Crippen molar-refractivity contribution in [3.05, 3.63) is 29.8 Å². The minimum absolute atomic E-state index is 0.103. The lowest BCUT2D eigenvalue weighted by Crippen LogP contribution is -2.43. The van der Waals surface area contributed by atoms with Crippen molar-refractivity contribution in [1.29, 1.82) is 0 Å². The third-order valence-electron chi connectivity index (χ3n) is 4.36. The minimum atomic E-state index is 0.103. The lowest BCUT2D eigenvalue weighted by atomic mass is 9.91. The molecule has 0 N–H and O–H groups in total. The fourth-order valence-electron chi connectivity index (χ4n) is 3.07. The number of thioether (sulfide) groups is 1. The molecule has 20 heavy (non-hydrogen) atoms. The molecule has 0 aliphatic carbocycles. The molecule has 110 valence electrons. The zero-order valence-corrected chi connectivity index (χ0v) is 13.2. The average Bonchev–Trinajstić information content (AvgIpc) is 2.87. The van der Waals surface area contributed by atoms with Gasteiger partial charge in [0.25, 0.3) is 0 Å². The molecule has 3 heteroatoms. The second kappa shape index (κ2) is 5.98. The number of hydrogen-bond acceptors (Lipinski definition) is 3. The Morgan fingerprint density at radius 3 is 2.75 bits per heavy atom. The lowest BCUT2D eigenvalue weighted by molar-refractivity contribution is -0.0958. The number of rotatable bonds is 3. The first-order chi connectivity index (χ1) is 9.67. The van der Waals surface area contributed by atoms with E-state index in [1.165, 1.54) is 17.7 Å². The molecule has 0 bridgehead atoms. The zero-order chi connectivity index (χ0) is 14.0. The Hall–Kier alpha value is -0.670. The molecule has 1 spiro atoms. The van der Waals surface area contributed by atoms with Gasteiger partial charge in [-0.05, 0) is 35.8 Å². The smallest absolute Gasteiger partial charge is 0.119 e. The van der Waals surface area contributed by atoms with Crippen molar-refractivity contribution in [2.24, 2.45) is 0 Å². The summed E-state index contributed by atoms with van der Waals surface area (Å²) in [5, 5.41) is 0. The molecule has 0 amide bonds. The van der Waals surface area contributed by atoms with Crippen LogP contribution in [0.15, 0.2) is 24.3 Å². The Kier molecular flexibility index (Phi) is 4.27. The molecule has 0 saturated carbocycles. The summed E-state index contributed by atoms with van der Waals surface area (Å²) in [4.78, 5) is 0. The number of benzene rings is 1. The van der Waals surface area contributed by atoms with Crippen LogP contribution in [0.1, 0.15) is 44.6 Å². The highest BCUT2D eigenvalue weighted by atomic mass is 32.2. The highest BCUT2D eigenvalue weighted by Gasteiger charge is 2.41. The van der Waals surface area contributed by atoms with E-state index in [9.17, 15) is 0 Å². The highest BCUT2D eigenvalue weighted by Crippen LogP contribution is 2.39. The van der Waals surface area contributed by atoms with Crippen LogP contribution in [-0.2, 0) is 4.74 Å². The molecule has 2 aliphatic heterocycles. The summed E-state index contributed by atoms with van der Waals surface area (Å²) in [6.07, 6.45) is 3.56. The van der Waals surface area contributed by atoms with Crippen molar-refractivity contribution in [2.75, 3.05) is 18.1 Å². The summed E-state index contributed by atoms with van der Waals surface area (Å²) in [7, 11) is 0. The van der Waals surface area contributed by atoms with Gasteiger partial charge < -0.3 is 9.47 Å². The van der Waals surface area contributed by atoms with Crippen LogP contribution < -0.4 is 4.74 Å². The topological polar surface area (TPSA) is 18.5 Å². The van der Waals surface area contributed by atoms with Gasteiger partial charge in [0.15, 0.2) is 0 Å². The van der Waals surface area contributed by atoms with E-state index in [-0.39, 0.29) is 5.60 Å². The van der Waals surface area contributed by atoms with Crippen LogP contribution in [0.4, 0.5) is 0 Å². The summed E-state index contributed by atoms with van der Waals surface area (Å²) in [6.45, 7) is 5.28. The maximum atomic E-state index is 6.19. The van der Waals surface area contributed by atoms with Gasteiger partial charge in [0, 0.05) is 18.6 Å². The van der Waals surface area contributed by atoms with Crippen molar-refractivity contribution in [1.82, 2.24) is 0 Å². The van der Waals surface area contributed by atoms with Crippen molar-refractivity contribution in [3.8, 4) is 5.75 Å². The number of hydrogen-bond donors (Lipinski definition) is 0. The van der Waals surface area contributed by atoms with Crippen molar-refractivity contribution < 1.29 is 9.47 Å². The summed E-state index contributed by atoms with van der Waals surface area (Å²) in [6, 6.07) is 8.59. The van der Waals surface area contributed by atoms with Gasteiger partial charge in [-0.2, -0.15) is 11.8 Å². The molecule has 0 radical (unpaired) electrons. The van der Waals surface area contributed by atoms with Crippen LogP contribution in [0.3, 0.4) is 0 Å². The van der Waals surface area contributed by atoms with Crippen molar-refractivity contribution in [2.45, 2.75) is 50.7 Å². The fourth-order valence-corrected chi connectivity index (χ4v) is 4.45. The first-order valence-electron chi connectivity index (χ1n) is 7.65. The van der Waals surface area contributed by atoms with E-state index in [1.807, 2.05) is 11.8 Å². The standard InChI is InChI=1S/C17H24O2S/c1-13(2)14-3-5-15(6-4-14)19-16-7-9-18-17(11-16)8-10-20-12-17/h3-6,13,16H,7-12H2,1-2H3. The van der Waals surface area contributed by atoms with Crippen LogP contribution >= 0.6 is 11.8 Å². The molecule has 3 rings (SSSR count). The van der Waals surface area contributed by atoms with E-state index >= 15 is 0 Å². The van der Waals surface area contributed by atoms with Gasteiger partial charge >= 0.3 is 0 Å². The van der Waals surface area contributed by atoms with Crippen LogP contribution in [-0.4, -0.2) is 29.8 Å². The van der Waals surface area contributed by atoms with Gasteiger partial charge in [-0.1, -0.05) is 26.0 Å². The van der Waals surface area contributed by atoms with E-state index in [0.29, 0.717) is 12.0 Å². The van der Waals surface area contributed by atoms with Crippen molar-refractivity contribution >= 4 is 11.8 Å². The molecular weight excluding hydrogens is 268 g/mol. The largest absolute Gasteiger partial charge is 0.490 e. The quantitative estimate of drug-likeness (QED) is 0.830. The molecule has 0 aromatic heterocycles. The Balaban J connectivity index is 1.62. The summed E-state index contributed by atoms with van der Waals surface area (Å²) in [5.74, 6) is 3.95. The summed E-state index contributed by atoms with van der Waals surface area (Å²) < 4.78 is 12.2. The van der Waals surface area contributed by atoms with Gasteiger partial charge in [0.2, 0.25) is 0 Å². The average molecular weight is 292 g/mol. The van der Waals surface area contributed by atoms with E-state index in [0.717, 1.165) is 31.0 Å². The molecule has 2 heterocycles. The normalized spacial score (nSPS) is 30.1. The maximum Gasteiger partial charge on any atom is 0.119 e. The third-order valence-corrected chi connectivity index (χ3v) is 5.59. The van der Waals surface area contributed by atoms with E-state index in [2.05, 4.69) is 38.1 Å². The molecule has 2 atom stereocenters. The van der Waals surface area contributed by atoms with Crippen LogP contribution in [0.5, 0.6) is 5.75 Å². The first kappa shape index (κ1) is 14.3. The van der Waals surface area contributed by atoms with Crippen LogP contribution in [0.2, 0.25) is 0 Å². The monoisotopic (exact) mass is 292 g/mol. The van der Waals surface area contributed by atoms with Gasteiger partial charge in [0.1, 0.15) is 11.9 Å². The van der Waals surface area contributed by atoms with E-state index in [4.69, 9.17) is 9.47 Å². The second-order valence-corrected chi connectivity index (χ2v) is 7.40. The molecule has 1 aromatic carbocycles. The molecule has 2 unspecified atom stereocenters. The maximum absolute atomic E-state index is 6.19. The predicted octanol–water partition coefficient (Wildman–Crippen LogP) is 4.24. The molecule has 2 fully saturated rings. The van der Waals surface area contributed by atoms with Gasteiger partial charge in [-0.25, -0.2) is 0 Å². The Morgan fingerprint density at radius 1 is 1.30 bits per heavy atom. The van der Waals surface area contributed by atoms with Gasteiger partial charge in [0.05, 0.1) is 12.2 Å². The van der Waals surface area contributed by atoms with Crippen molar-refractivity contribution in [3.63, 3.8) is 0 Å². The molecule has 1 aromatic rings. The van der Waals surface area contributed by atoms with E-state index in [1.54, 1.807) is 0 Å². The Morgan fingerprint density at radius 2 is 2.10 bits per heavy atom. The minimum Gasteiger partial charge on any atom is -0.490 e. The molecule has 2 aliphatic rings. The van der Waals surface area contributed by atoms with Gasteiger partial charge in [-0.15, -0.1) is 0 Å². The molecule has 2 nitrogen and oxygen atoms in total. The SMILES string of the molecule is CC(C)c1ccc(OC2CCOC3(CCSC3)C2)cc1.